The first-order valence-electron chi connectivity index (χ1n) is 10.3. The summed E-state index contributed by atoms with van der Waals surface area (Å²) in [6.07, 6.45) is 3.97. The standard InChI is InChI=1S/C23H32N4O/c1-16(2)26-22(28)20-9-6-10-21(14-20)27-23(24-3)25-15-17-11-12-18-7-4-5-8-19(18)13-17/h4-5,7-8,11-13,16,20-21H,6,9-10,14-15H2,1-3H3,(H,26,28)(H2,24,25,27). The summed E-state index contributed by atoms with van der Waals surface area (Å²) in [5.41, 5.74) is 1.22. The van der Waals surface area contributed by atoms with Crippen LogP contribution in [0.5, 0.6) is 0 Å². The zero-order chi connectivity index (χ0) is 19.9. The van der Waals surface area contributed by atoms with Crippen molar-refractivity contribution in [3.8, 4) is 0 Å². The van der Waals surface area contributed by atoms with E-state index in [1.165, 1.54) is 16.3 Å². The number of carbonyl (C=O) groups excluding carboxylic acids is 1. The van der Waals surface area contributed by atoms with E-state index in [0.717, 1.165) is 31.6 Å². The van der Waals surface area contributed by atoms with Crippen LogP contribution in [0.3, 0.4) is 0 Å². The third kappa shape index (κ3) is 5.47. The highest BCUT2D eigenvalue weighted by Gasteiger charge is 2.27. The number of nitrogens with one attached hydrogen (secondary N) is 3. The second-order valence-corrected chi connectivity index (χ2v) is 7.98. The van der Waals surface area contributed by atoms with Crippen LogP contribution in [0, 0.1) is 5.92 Å². The fourth-order valence-corrected chi connectivity index (χ4v) is 3.88. The molecule has 1 fully saturated rings. The maximum Gasteiger partial charge on any atom is 0.223 e. The van der Waals surface area contributed by atoms with Gasteiger partial charge in [0.1, 0.15) is 0 Å². The van der Waals surface area contributed by atoms with Crippen molar-refractivity contribution in [2.24, 2.45) is 10.9 Å². The molecule has 2 aromatic carbocycles. The molecule has 2 atom stereocenters. The molecular formula is C23H32N4O. The molecule has 2 aromatic rings. The van der Waals surface area contributed by atoms with Gasteiger partial charge in [-0.25, -0.2) is 0 Å². The second-order valence-electron chi connectivity index (χ2n) is 7.98. The number of hydrogen-bond donors (Lipinski definition) is 3. The summed E-state index contributed by atoms with van der Waals surface area (Å²) in [4.78, 5) is 16.7. The highest BCUT2D eigenvalue weighted by atomic mass is 16.1. The molecule has 1 aliphatic rings. The molecular weight excluding hydrogens is 348 g/mol. The number of fused-ring (bicyclic) bond motifs is 1. The van der Waals surface area contributed by atoms with Crippen LogP contribution in [-0.2, 0) is 11.3 Å². The third-order valence-corrected chi connectivity index (χ3v) is 5.31. The largest absolute Gasteiger partial charge is 0.354 e. The predicted octanol–water partition coefficient (Wildman–Crippen LogP) is 3.59. The van der Waals surface area contributed by atoms with E-state index >= 15 is 0 Å². The van der Waals surface area contributed by atoms with Gasteiger partial charge in [-0.1, -0.05) is 42.8 Å². The van der Waals surface area contributed by atoms with Crippen molar-refractivity contribution in [2.75, 3.05) is 7.05 Å². The van der Waals surface area contributed by atoms with Crippen molar-refractivity contribution in [1.82, 2.24) is 16.0 Å². The summed E-state index contributed by atoms with van der Waals surface area (Å²) in [5.74, 6) is 1.07. The number of aliphatic imine (C=N–C) groups is 1. The van der Waals surface area contributed by atoms with Gasteiger partial charge in [0, 0.05) is 31.6 Å². The van der Waals surface area contributed by atoms with E-state index in [2.05, 4.69) is 63.4 Å². The summed E-state index contributed by atoms with van der Waals surface area (Å²) in [6.45, 7) is 4.73. The Hall–Kier alpha value is -2.56. The van der Waals surface area contributed by atoms with Gasteiger partial charge in [-0.2, -0.15) is 0 Å². The number of amides is 1. The molecule has 0 heterocycles. The number of carbonyl (C=O) groups is 1. The number of hydrogen-bond acceptors (Lipinski definition) is 2. The molecule has 3 N–H and O–H groups in total. The molecule has 5 heteroatoms. The summed E-state index contributed by atoms with van der Waals surface area (Å²) in [6, 6.07) is 15.4. The Bertz CT molecular complexity index is 830. The minimum absolute atomic E-state index is 0.0900. The van der Waals surface area contributed by atoms with Crippen molar-refractivity contribution in [1.29, 1.82) is 0 Å². The van der Waals surface area contributed by atoms with Gasteiger partial charge in [-0.15, -0.1) is 0 Å². The van der Waals surface area contributed by atoms with Crippen LogP contribution in [0.4, 0.5) is 0 Å². The molecule has 0 spiro atoms. The van der Waals surface area contributed by atoms with Crippen LogP contribution in [0.15, 0.2) is 47.5 Å². The number of benzene rings is 2. The van der Waals surface area contributed by atoms with Crippen LogP contribution in [0.25, 0.3) is 10.8 Å². The lowest BCUT2D eigenvalue weighted by Gasteiger charge is -2.30. The number of rotatable bonds is 5. The minimum Gasteiger partial charge on any atom is -0.354 e. The van der Waals surface area contributed by atoms with Crippen LogP contribution in [0.1, 0.15) is 45.1 Å². The van der Waals surface area contributed by atoms with Gasteiger partial charge in [-0.05, 0) is 55.5 Å². The Labute approximate surface area is 168 Å². The van der Waals surface area contributed by atoms with E-state index in [9.17, 15) is 4.79 Å². The fraction of sp³-hybridized carbons (Fsp3) is 0.478. The monoisotopic (exact) mass is 380 g/mol. The molecule has 0 bridgehead atoms. The molecule has 0 radical (unpaired) electrons. The predicted molar refractivity (Wildman–Crippen MR) is 116 cm³/mol. The molecule has 0 saturated heterocycles. The molecule has 1 aliphatic carbocycles. The summed E-state index contributed by atoms with van der Waals surface area (Å²) >= 11 is 0. The molecule has 1 amide bonds. The SMILES string of the molecule is CN=C(NCc1ccc2ccccc2c1)NC1CCCC(C(=O)NC(C)C)C1. The molecule has 3 rings (SSSR count). The lowest BCUT2D eigenvalue weighted by atomic mass is 9.85. The minimum atomic E-state index is 0.0900. The highest BCUT2D eigenvalue weighted by molar-refractivity contribution is 5.84. The average Bonchev–Trinajstić information content (AvgIpc) is 2.70. The third-order valence-electron chi connectivity index (χ3n) is 5.31. The van der Waals surface area contributed by atoms with Crippen molar-refractivity contribution < 1.29 is 4.79 Å². The van der Waals surface area contributed by atoms with Gasteiger partial charge >= 0.3 is 0 Å². The maximum atomic E-state index is 12.3. The first kappa shape index (κ1) is 20.2. The first-order valence-corrected chi connectivity index (χ1v) is 10.3. The highest BCUT2D eigenvalue weighted by Crippen LogP contribution is 2.24. The molecule has 150 valence electrons. The number of nitrogens with zero attached hydrogens (tertiary/aromatic N) is 1. The molecule has 0 aromatic heterocycles. The fourth-order valence-electron chi connectivity index (χ4n) is 3.88. The zero-order valence-electron chi connectivity index (χ0n) is 17.2. The second kappa shape index (κ2) is 9.58. The molecule has 28 heavy (non-hydrogen) atoms. The van der Waals surface area contributed by atoms with E-state index in [-0.39, 0.29) is 23.9 Å². The van der Waals surface area contributed by atoms with Gasteiger partial charge in [0.2, 0.25) is 5.91 Å². The van der Waals surface area contributed by atoms with Crippen molar-refractivity contribution in [3.05, 3.63) is 48.0 Å². The van der Waals surface area contributed by atoms with Gasteiger partial charge < -0.3 is 16.0 Å². The van der Waals surface area contributed by atoms with Crippen LogP contribution in [0.2, 0.25) is 0 Å². The lowest BCUT2D eigenvalue weighted by molar-refractivity contribution is -0.126. The summed E-state index contributed by atoms with van der Waals surface area (Å²) in [5, 5.41) is 12.5. The molecule has 0 aliphatic heterocycles. The molecule has 2 unspecified atom stereocenters. The van der Waals surface area contributed by atoms with Gasteiger partial charge in [0.15, 0.2) is 5.96 Å². The topological polar surface area (TPSA) is 65.5 Å². The van der Waals surface area contributed by atoms with Crippen LogP contribution < -0.4 is 16.0 Å². The van der Waals surface area contributed by atoms with Crippen LogP contribution in [-0.4, -0.2) is 31.0 Å². The van der Waals surface area contributed by atoms with Crippen molar-refractivity contribution >= 4 is 22.6 Å². The van der Waals surface area contributed by atoms with Crippen molar-refractivity contribution in [2.45, 2.75) is 58.2 Å². The van der Waals surface area contributed by atoms with Crippen molar-refractivity contribution in [3.63, 3.8) is 0 Å². The van der Waals surface area contributed by atoms with Gasteiger partial charge in [0.25, 0.3) is 0 Å². The summed E-state index contributed by atoms with van der Waals surface area (Å²) in [7, 11) is 1.79. The van der Waals surface area contributed by atoms with E-state index < -0.39 is 0 Å². The van der Waals surface area contributed by atoms with E-state index in [1.807, 2.05) is 13.8 Å². The molecule has 1 saturated carbocycles. The smallest absolute Gasteiger partial charge is 0.223 e. The maximum absolute atomic E-state index is 12.3. The van der Waals surface area contributed by atoms with E-state index in [0.29, 0.717) is 6.54 Å². The Morgan fingerprint density at radius 2 is 1.93 bits per heavy atom. The van der Waals surface area contributed by atoms with E-state index in [1.54, 1.807) is 7.05 Å². The lowest BCUT2D eigenvalue weighted by Crippen LogP contribution is -2.47. The Balaban J connectivity index is 1.54. The van der Waals surface area contributed by atoms with Gasteiger partial charge in [-0.3, -0.25) is 9.79 Å². The normalized spacial score (nSPS) is 20.2. The quantitative estimate of drug-likeness (QED) is 0.549. The zero-order valence-corrected chi connectivity index (χ0v) is 17.2. The average molecular weight is 381 g/mol. The van der Waals surface area contributed by atoms with Crippen LogP contribution >= 0.6 is 0 Å². The molecule has 5 nitrogen and oxygen atoms in total. The Morgan fingerprint density at radius 3 is 2.68 bits per heavy atom. The number of guanidine groups is 1. The Morgan fingerprint density at radius 1 is 1.14 bits per heavy atom. The van der Waals surface area contributed by atoms with Gasteiger partial charge in [0.05, 0.1) is 0 Å². The van der Waals surface area contributed by atoms with E-state index in [4.69, 9.17) is 0 Å². The summed E-state index contributed by atoms with van der Waals surface area (Å²) < 4.78 is 0. The first-order chi connectivity index (χ1) is 13.5. The Kier molecular flexibility index (Phi) is 6.90.